The second kappa shape index (κ2) is 11.3. The van der Waals surface area contributed by atoms with E-state index in [1.54, 1.807) is 6.92 Å². The van der Waals surface area contributed by atoms with Gasteiger partial charge in [0.1, 0.15) is 4.88 Å². The number of rotatable bonds is 10. The van der Waals surface area contributed by atoms with Gasteiger partial charge in [0.05, 0.1) is 28.9 Å². The molecule has 0 radical (unpaired) electrons. The highest BCUT2D eigenvalue weighted by Gasteiger charge is 2.48. The average Bonchev–Trinajstić information content (AvgIpc) is 3.34. The Morgan fingerprint density at radius 2 is 2.00 bits per heavy atom. The number of hydrogen-bond acceptors (Lipinski definition) is 8. The predicted molar refractivity (Wildman–Crippen MR) is 136 cm³/mol. The van der Waals surface area contributed by atoms with Gasteiger partial charge < -0.3 is 25.5 Å². The molecule has 1 aliphatic rings. The van der Waals surface area contributed by atoms with Crippen LogP contribution in [0.5, 0.6) is 0 Å². The van der Waals surface area contributed by atoms with Gasteiger partial charge in [0.25, 0.3) is 11.8 Å². The molecule has 35 heavy (non-hydrogen) atoms. The van der Waals surface area contributed by atoms with Crippen molar-refractivity contribution in [3.63, 3.8) is 0 Å². The Morgan fingerprint density at radius 3 is 2.60 bits per heavy atom. The molecule has 188 valence electrons. The fourth-order valence-electron chi connectivity index (χ4n) is 4.16. The summed E-state index contributed by atoms with van der Waals surface area (Å²) in [6.07, 6.45) is 0.787. The fraction of sp³-hybridized carbons (Fsp3) is 0.500. The van der Waals surface area contributed by atoms with E-state index in [-0.39, 0.29) is 31.2 Å². The molecule has 0 aliphatic carbocycles. The molecule has 0 bridgehead atoms. The van der Waals surface area contributed by atoms with Gasteiger partial charge in [-0.3, -0.25) is 9.59 Å². The van der Waals surface area contributed by atoms with E-state index >= 15 is 0 Å². The van der Waals surface area contributed by atoms with Gasteiger partial charge >= 0.3 is 7.12 Å². The molecule has 1 unspecified atom stereocenters. The first-order valence-corrected chi connectivity index (χ1v) is 12.5. The van der Waals surface area contributed by atoms with Crippen LogP contribution < -0.4 is 10.6 Å². The van der Waals surface area contributed by atoms with Crippen molar-refractivity contribution in [1.82, 2.24) is 15.6 Å². The minimum absolute atomic E-state index is 0.121. The molecule has 1 aromatic carbocycles. The molecule has 0 fully saturated rings. The highest BCUT2D eigenvalue weighted by molar-refractivity contribution is 7.13. The monoisotopic (exact) mass is 500 g/mol. The van der Waals surface area contributed by atoms with E-state index in [0.717, 1.165) is 16.1 Å². The zero-order valence-electron chi connectivity index (χ0n) is 20.8. The minimum atomic E-state index is -1.70. The first-order chi connectivity index (χ1) is 16.5. The smallest absolute Gasteiger partial charge is 0.426 e. The van der Waals surface area contributed by atoms with Gasteiger partial charge in [0.2, 0.25) is 5.60 Å². The second-order valence-corrected chi connectivity index (χ2v) is 10.7. The topological polar surface area (TPSA) is 133 Å². The maximum atomic E-state index is 13.5. The summed E-state index contributed by atoms with van der Waals surface area (Å²) in [5.41, 5.74) is 1.76. The van der Waals surface area contributed by atoms with E-state index in [9.17, 15) is 19.6 Å². The van der Waals surface area contributed by atoms with Gasteiger partial charge in [-0.2, -0.15) is 0 Å². The number of aromatic nitrogens is 1. The molecular weight excluding hydrogens is 467 g/mol. The molecule has 9 nitrogen and oxygen atoms in total. The number of nitrogens with zero attached hydrogens (tertiary/aromatic N) is 2. The van der Waals surface area contributed by atoms with E-state index in [2.05, 4.69) is 20.8 Å². The second-order valence-electron chi connectivity index (χ2n) is 9.54. The van der Waals surface area contributed by atoms with Crippen molar-refractivity contribution in [2.75, 3.05) is 6.54 Å². The Morgan fingerprint density at radius 1 is 1.26 bits per heavy atom. The van der Waals surface area contributed by atoms with Gasteiger partial charge in [-0.05, 0) is 38.7 Å². The first kappa shape index (κ1) is 26.8. The lowest BCUT2D eigenvalue weighted by Crippen LogP contribution is -2.56. The molecular formula is C24H33BN4O5S. The number of carbonyl (C=O) groups is 2. The molecule has 1 aliphatic heterocycles. The highest BCUT2D eigenvalue weighted by Crippen LogP contribution is 2.30. The molecule has 0 saturated carbocycles. The van der Waals surface area contributed by atoms with Crippen LogP contribution in [0.25, 0.3) is 0 Å². The summed E-state index contributed by atoms with van der Waals surface area (Å²) in [6, 6.07) is 7.75. The molecule has 0 spiro atoms. The van der Waals surface area contributed by atoms with Crippen LogP contribution in [-0.2, 0) is 16.1 Å². The summed E-state index contributed by atoms with van der Waals surface area (Å²) in [7, 11) is -1.70. The molecule has 2 aromatic rings. The van der Waals surface area contributed by atoms with Gasteiger partial charge in [0, 0.05) is 12.8 Å². The SMILES string of the molecule is Cc1cccc(CC2(C(=O)N[C@@H](CC(C)C)B(O)O)CC(CNC(=O)c3sc(C)nc3C)=NO2)c1. The Labute approximate surface area is 210 Å². The van der Waals surface area contributed by atoms with Crippen molar-refractivity contribution in [2.24, 2.45) is 11.1 Å². The summed E-state index contributed by atoms with van der Waals surface area (Å²) in [6.45, 7) is 9.59. The average molecular weight is 500 g/mol. The standard InChI is InChI=1S/C24H33BN4O5S/c1-14(2)9-20(25(32)33)28-23(31)24(11-18-8-6-7-15(3)10-18)12-19(29-34-24)13-26-22(30)21-16(4)27-17(5)35-21/h6-8,10,14,20,32-33H,9,11-13H2,1-5H3,(H,26,30)(H,28,31)/t20-,24?/m0/s1. The molecule has 3 rings (SSSR count). The van der Waals surface area contributed by atoms with Crippen LogP contribution in [-0.4, -0.2) is 57.8 Å². The van der Waals surface area contributed by atoms with Crippen LogP contribution in [0.4, 0.5) is 0 Å². The van der Waals surface area contributed by atoms with Crippen LogP contribution in [0.3, 0.4) is 0 Å². The molecule has 11 heteroatoms. The first-order valence-electron chi connectivity index (χ1n) is 11.7. The largest absolute Gasteiger partial charge is 0.475 e. The van der Waals surface area contributed by atoms with Gasteiger partial charge in [0.15, 0.2) is 0 Å². The normalized spacial score (nSPS) is 18.1. The summed E-state index contributed by atoms with van der Waals surface area (Å²) in [4.78, 5) is 36.7. The third kappa shape index (κ3) is 6.90. The van der Waals surface area contributed by atoms with Crippen LogP contribution in [0, 0.1) is 26.7 Å². The van der Waals surface area contributed by atoms with E-state index in [1.165, 1.54) is 11.3 Å². The summed E-state index contributed by atoms with van der Waals surface area (Å²) < 4.78 is 0. The quantitative estimate of drug-likeness (QED) is 0.370. The molecule has 4 N–H and O–H groups in total. The summed E-state index contributed by atoms with van der Waals surface area (Å²) >= 11 is 1.32. The Bertz CT molecular complexity index is 1100. The highest BCUT2D eigenvalue weighted by atomic mass is 32.1. The van der Waals surface area contributed by atoms with Crippen molar-refractivity contribution in [2.45, 2.75) is 65.4 Å². The molecule has 2 amide bonds. The van der Waals surface area contributed by atoms with Crippen molar-refractivity contribution in [1.29, 1.82) is 0 Å². The molecule has 2 atom stereocenters. The van der Waals surface area contributed by atoms with Gasteiger partial charge in [-0.15, -0.1) is 11.3 Å². The van der Waals surface area contributed by atoms with Crippen molar-refractivity contribution < 1.29 is 24.5 Å². The Kier molecular flexibility index (Phi) is 8.68. The zero-order valence-corrected chi connectivity index (χ0v) is 21.6. The summed E-state index contributed by atoms with van der Waals surface area (Å²) in [5.74, 6) is -1.43. The molecule has 2 heterocycles. The Balaban J connectivity index is 1.76. The lowest BCUT2D eigenvalue weighted by Gasteiger charge is -2.29. The van der Waals surface area contributed by atoms with E-state index in [0.29, 0.717) is 22.7 Å². The van der Waals surface area contributed by atoms with E-state index in [1.807, 2.05) is 52.0 Å². The van der Waals surface area contributed by atoms with Crippen LogP contribution in [0.15, 0.2) is 29.4 Å². The van der Waals surface area contributed by atoms with Crippen molar-refractivity contribution >= 4 is 36.0 Å². The van der Waals surface area contributed by atoms with Gasteiger partial charge in [-0.25, -0.2) is 4.98 Å². The number of thiazole rings is 1. The number of amides is 2. The third-order valence-corrected chi connectivity index (χ3v) is 6.86. The maximum Gasteiger partial charge on any atom is 0.475 e. The number of hydrogen-bond donors (Lipinski definition) is 4. The lowest BCUT2D eigenvalue weighted by molar-refractivity contribution is -0.144. The number of aryl methyl sites for hydroxylation is 3. The fourth-order valence-corrected chi connectivity index (χ4v) is 4.99. The Hall–Kier alpha value is -2.76. The van der Waals surface area contributed by atoms with Crippen LogP contribution in [0.1, 0.15) is 58.2 Å². The lowest BCUT2D eigenvalue weighted by atomic mass is 9.74. The van der Waals surface area contributed by atoms with E-state index in [4.69, 9.17) is 4.84 Å². The van der Waals surface area contributed by atoms with E-state index < -0.39 is 24.6 Å². The van der Waals surface area contributed by atoms with Crippen molar-refractivity contribution in [3.05, 3.63) is 51.0 Å². The number of nitrogens with one attached hydrogen (secondary N) is 2. The molecule has 1 aromatic heterocycles. The van der Waals surface area contributed by atoms with Crippen LogP contribution >= 0.6 is 11.3 Å². The number of oxime groups is 1. The van der Waals surface area contributed by atoms with Crippen molar-refractivity contribution in [3.8, 4) is 0 Å². The number of benzene rings is 1. The molecule has 0 saturated heterocycles. The van der Waals surface area contributed by atoms with Crippen LogP contribution in [0.2, 0.25) is 0 Å². The third-order valence-electron chi connectivity index (χ3n) is 5.79. The number of carbonyl (C=O) groups excluding carboxylic acids is 2. The van der Waals surface area contributed by atoms with Gasteiger partial charge in [-0.1, -0.05) is 48.8 Å². The maximum absolute atomic E-state index is 13.5. The summed E-state index contributed by atoms with van der Waals surface area (Å²) in [5, 5.41) is 30.2. The predicted octanol–water partition coefficient (Wildman–Crippen LogP) is 2.10. The zero-order chi connectivity index (χ0) is 25.8. The minimum Gasteiger partial charge on any atom is -0.426 e.